The highest BCUT2D eigenvalue weighted by atomic mass is 16.4. The third-order valence-corrected chi connectivity index (χ3v) is 2.99. The Bertz CT molecular complexity index is 510. The number of rotatable bonds is 6. The van der Waals surface area contributed by atoms with Gasteiger partial charge in [-0.25, -0.2) is 0 Å². The van der Waals surface area contributed by atoms with Gasteiger partial charge in [-0.3, -0.25) is 19.3 Å². The molecular weight excluding hydrogens is 260 g/mol. The smallest absolute Gasteiger partial charge is 0.320 e. The quantitative estimate of drug-likeness (QED) is 0.764. The Labute approximate surface area is 117 Å². The number of ketones is 1. The summed E-state index contributed by atoms with van der Waals surface area (Å²) in [6, 6.07) is 5.79. The number of aliphatic carboxylic acids is 1. The van der Waals surface area contributed by atoms with E-state index in [1.165, 1.54) is 18.7 Å². The van der Waals surface area contributed by atoms with E-state index in [1.54, 1.807) is 31.3 Å². The highest BCUT2D eigenvalue weighted by Crippen LogP contribution is 2.10. The van der Waals surface area contributed by atoms with Crippen LogP contribution >= 0.6 is 0 Å². The highest BCUT2D eigenvalue weighted by Gasteiger charge is 2.18. The molecular formula is C14H18N2O4. The third kappa shape index (κ3) is 4.47. The van der Waals surface area contributed by atoms with Crippen LogP contribution in [0, 0.1) is 0 Å². The standard InChI is InChI=1S/C14H18N2O4/c1-9(14(19)20)16(3)8-13(18)15-12-6-4-11(5-7-12)10(2)17/h4-7,9H,8H2,1-3H3,(H,15,18)(H,19,20). The van der Waals surface area contributed by atoms with Gasteiger partial charge in [-0.2, -0.15) is 0 Å². The molecule has 108 valence electrons. The Balaban J connectivity index is 2.58. The fourth-order valence-corrected chi connectivity index (χ4v) is 1.54. The van der Waals surface area contributed by atoms with Gasteiger partial charge in [0.2, 0.25) is 5.91 Å². The molecule has 2 N–H and O–H groups in total. The third-order valence-electron chi connectivity index (χ3n) is 2.99. The number of carbonyl (C=O) groups excluding carboxylic acids is 2. The number of hydrogen-bond donors (Lipinski definition) is 2. The number of anilines is 1. The molecule has 1 aromatic rings. The van der Waals surface area contributed by atoms with Crippen molar-refractivity contribution in [3.63, 3.8) is 0 Å². The number of amides is 1. The van der Waals surface area contributed by atoms with Gasteiger partial charge in [0.05, 0.1) is 6.54 Å². The van der Waals surface area contributed by atoms with Crippen LogP contribution in [-0.4, -0.2) is 47.3 Å². The van der Waals surface area contributed by atoms with Crippen LogP contribution in [0.25, 0.3) is 0 Å². The molecule has 0 saturated carbocycles. The van der Waals surface area contributed by atoms with Gasteiger partial charge in [-0.1, -0.05) is 0 Å². The first-order chi connectivity index (χ1) is 9.31. The van der Waals surface area contributed by atoms with Crippen LogP contribution in [-0.2, 0) is 9.59 Å². The molecule has 0 saturated heterocycles. The Morgan fingerprint density at radius 3 is 2.25 bits per heavy atom. The van der Waals surface area contributed by atoms with Gasteiger partial charge < -0.3 is 10.4 Å². The minimum absolute atomic E-state index is 0.0259. The average Bonchev–Trinajstić information content (AvgIpc) is 2.37. The van der Waals surface area contributed by atoms with Gasteiger partial charge in [-0.05, 0) is 45.2 Å². The maximum absolute atomic E-state index is 11.8. The summed E-state index contributed by atoms with van der Waals surface area (Å²) in [5, 5.41) is 11.5. The molecule has 1 amide bonds. The second kappa shape index (κ2) is 6.81. The molecule has 20 heavy (non-hydrogen) atoms. The van der Waals surface area contributed by atoms with E-state index in [9.17, 15) is 14.4 Å². The lowest BCUT2D eigenvalue weighted by Gasteiger charge is -2.20. The van der Waals surface area contributed by atoms with Crippen molar-refractivity contribution < 1.29 is 19.5 Å². The molecule has 0 spiro atoms. The zero-order chi connectivity index (χ0) is 15.3. The Morgan fingerprint density at radius 2 is 1.80 bits per heavy atom. The van der Waals surface area contributed by atoms with Gasteiger partial charge in [0.25, 0.3) is 0 Å². The zero-order valence-electron chi connectivity index (χ0n) is 11.7. The Morgan fingerprint density at radius 1 is 1.25 bits per heavy atom. The summed E-state index contributed by atoms with van der Waals surface area (Å²) in [7, 11) is 1.57. The van der Waals surface area contributed by atoms with E-state index in [2.05, 4.69) is 5.32 Å². The molecule has 0 aromatic heterocycles. The van der Waals surface area contributed by atoms with Gasteiger partial charge in [-0.15, -0.1) is 0 Å². The van der Waals surface area contributed by atoms with Crippen LogP contribution in [0.4, 0.5) is 5.69 Å². The van der Waals surface area contributed by atoms with Gasteiger partial charge >= 0.3 is 5.97 Å². The number of Topliss-reactive ketones (excluding diaryl/α,β-unsaturated/α-hetero) is 1. The van der Waals surface area contributed by atoms with Crippen molar-refractivity contribution in [2.24, 2.45) is 0 Å². The van der Waals surface area contributed by atoms with Crippen molar-refractivity contribution in [1.82, 2.24) is 4.90 Å². The van der Waals surface area contributed by atoms with E-state index >= 15 is 0 Å². The van der Waals surface area contributed by atoms with Crippen molar-refractivity contribution >= 4 is 23.3 Å². The van der Waals surface area contributed by atoms with Crippen LogP contribution in [0.3, 0.4) is 0 Å². The van der Waals surface area contributed by atoms with Crippen LogP contribution in [0.5, 0.6) is 0 Å². The first-order valence-corrected chi connectivity index (χ1v) is 6.15. The fourth-order valence-electron chi connectivity index (χ4n) is 1.54. The van der Waals surface area contributed by atoms with Crippen LogP contribution in [0.15, 0.2) is 24.3 Å². The summed E-state index contributed by atoms with van der Waals surface area (Å²) in [5.41, 5.74) is 1.14. The number of nitrogens with one attached hydrogen (secondary N) is 1. The minimum atomic E-state index is -0.980. The lowest BCUT2D eigenvalue weighted by atomic mass is 10.1. The lowest BCUT2D eigenvalue weighted by molar-refractivity contribution is -0.142. The second-order valence-corrected chi connectivity index (χ2v) is 4.61. The Kier molecular flexibility index (Phi) is 5.40. The monoisotopic (exact) mass is 278 g/mol. The number of carboxylic acids is 1. The minimum Gasteiger partial charge on any atom is -0.480 e. The van der Waals surface area contributed by atoms with Gasteiger partial charge in [0.1, 0.15) is 6.04 Å². The van der Waals surface area contributed by atoms with Crippen molar-refractivity contribution in [2.45, 2.75) is 19.9 Å². The van der Waals surface area contributed by atoms with Crippen LogP contribution in [0.1, 0.15) is 24.2 Å². The van der Waals surface area contributed by atoms with Crippen molar-refractivity contribution in [2.75, 3.05) is 18.9 Å². The van der Waals surface area contributed by atoms with E-state index in [4.69, 9.17) is 5.11 Å². The van der Waals surface area contributed by atoms with Crippen molar-refractivity contribution in [3.8, 4) is 0 Å². The summed E-state index contributed by atoms with van der Waals surface area (Å²) >= 11 is 0. The SMILES string of the molecule is CC(=O)c1ccc(NC(=O)CN(C)C(C)C(=O)O)cc1. The first kappa shape index (κ1) is 15.8. The van der Waals surface area contributed by atoms with E-state index in [0.29, 0.717) is 11.3 Å². The summed E-state index contributed by atoms with van der Waals surface area (Å²) in [6.45, 7) is 2.95. The number of carbonyl (C=O) groups is 3. The maximum Gasteiger partial charge on any atom is 0.320 e. The molecule has 1 aromatic carbocycles. The number of carboxylic acid groups (broad SMARTS) is 1. The topological polar surface area (TPSA) is 86.7 Å². The molecule has 0 fully saturated rings. The summed E-state index contributed by atoms with van der Waals surface area (Å²) in [4.78, 5) is 35.1. The first-order valence-electron chi connectivity index (χ1n) is 6.15. The molecule has 0 aliphatic rings. The predicted molar refractivity (Wildman–Crippen MR) is 74.8 cm³/mol. The van der Waals surface area contributed by atoms with E-state index in [1.807, 2.05) is 0 Å². The summed E-state index contributed by atoms with van der Waals surface area (Å²) < 4.78 is 0. The maximum atomic E-state index is 11.8. The number of benzene rings is 1. The molecule has 0 aliphatic carbocycles. The van der Waals surface area contributed by atoms with E-state index < -0.39 is 12.0 Å². The molecule has 6 nitrogen and oxygen atoms in total. The molecule has 6 heteroatoms. The van der Waals surface area contributed by atoms with Crippen LogP contribution in [0.2, 0.25) is 0 Å². The molecule has 0 heterocycles. The van der Waals surface area contributed by atoms with E-state index in [0.717, 1.165) is 0 Å². The summed E-state index contributed by atoms with van der Waals surface area (Å²) in [5.74, 6) is -1.33. The number of hydrogen-bond acceptors (Lipinski definition) is 4. The number of nitrogens with zero attached hydrogens (tertiary/aromatic N) is 1. The van der Waals surface area contributed by atoms with E-state index in [-0.39, 0.29) is 18.2 Å². The average molecular weight is 278 g/mol. The molecule has 1 unspecified atom stereocenters. The second-order valence-electron chi connectivity index (χ2n) is 4.61. The molecule has 0 aliphatic heterocycles. The normalized spacial score (nSPS) is 12.0. The molecule has 0 radical (unpaired) electrons. The predicted octanol–water partition coefficient (Wildman–Crippen LogP) is 1.23. The molecule has 1 atom stereocenters. The van der Waals surface area contributed by atoms with Gasteiger partial charge in [0.15, 0.2) is 5.78 Å². The highest BCUT2D eigenvalue weighted by molar-refractivity contribution is 5.96. The largest absolute Gasteiger partial charge is 0.480 e. The molecule has 0 bridgehead atoms. The van der Waals surface area contributed by atoms with Crippen molar-refractivity contribution in [1.29, 1.82) is 0 Å². The lowest BCUT2D eigenvalue weighted by Crippen LogP contribution is -2.40. The number of likely N-dealkylation sites (N-methyl/N-ethyl adjacent to an activating group) is 1. The summed E-state index contributed by atoms with van der Waals surface area (Å²) in [6.07, 6.45) is 0. The van der Waals surface area contributed by atoms with Crippen LogP contribution < -0.4 is 5.32 Å². The Hall–Kier alpha value is -2.21. The molecule has 1 rings (SSSR count). The van der Waals surface area contributed by atoms with Gasteiger partial charge in [0, 0.05) is 11.3 Å². The fraction of sp³-hybridized carbons (Fsp3) is 0.357. The van der Waals surface area contributed by atoms with Crippen molar-refractivity contribution in [3.05, 3.63) is 29.8 Å². The zero-order valence-corrected chi connectivity index (χ0v) is 11.7.